The third-order valence-corrected chi connectivity index (χ3v) is 29.9. The summed E-state index contributed by atoms with van der Waals surface area (Å²) < 4.78 is 42.9. The number of ether oxygens (including phenoxy) is 8. The molecule has 116 heavy (non-hydrogen) atoms. The number of esters is 6. The molecule has 7 aliphatic heterocycles. The van der Waals surface area contributed by atoms with Gasteiger partial charge < -0.3 is 59.2 Å². The van der Waals surface area contributed by atoms with Crippen molar-refractivity contribution in [2.45, 2.75) is 433 Å². The first-order valence-corrected chi connectivity index (χ1v) is 44.9. The summed E-state index contributed by atoms with van der Waals surface area (Å²) in [5, 5.41) is 14.3. The maximum Gasteiger partial charge on any atom is 0.308 e. The smallest absolute Gasteiger partial charge is 0.308 e. The van der Waals surface area contributed by atoms with E-state index in [4.69, 9.17) is 37.9 Å². The number of carbonyl (C=O) groups is 6. The highest BCUT2D eigenvalue weighted by molar-refractivity contribution is 5.75. The van der Waals surface area contributed by atoms with Gasteiger partial charge in [-0.05, 0) is 349 Å². The van der Waals surface area contributed by atoms with Crippen molar-refractivity contribution in [3.63, 3.8) is 0 Å². The molecule has 678 valence electrons. The van der Waals surface area contributed by atoms with Crippen LogP contribution in [0.5, 0.6) is 0 Å². The van der Waals surface area contributed by atoms with E-state index in [-0.39, 0.29) is 137 Å². The van der Waals surface area contributed by atoms with E-state index in [2.05, 4.69) is 265 Å². The van der Waals surface area contributed by atoms with E-state index < -0.39 is 0 Å². The Morgan fingerprint density at radius 2 is 0.534 bits per heavy atom. The maximum absolute atomic E-state index is 12.3. The standard InChI is InChI=1S/C18H31NO4.C18H33NO2.C17H31NO2.C12H23NO2.C11H21NO2.C10H21NO.C9H19NO/c1-17(2)10-14(18(3,4)19-17)11-23-16(21)13-8-6-12(7-9-13)15(20)22-5;1-13-7-9-14(10-8-13)16(20)21-12-15-11-17(2,3)19(6)18(15,4)5;1-12-6-8-13(9-7-12)15(19)20-11-14-10-16(2,3)18-17(14,4)5;1-9(14)15-8-10-7-11(2,3)13(6)12(10,4)5;1-8(13)14-7-9-6-10(2,3)12-11(9,4)5;1-9(2)7-8(12-6)10(3,4)11(9)5;1-8(2)6-7(11-5)9(3,4)10-8/h12-14,19H,6-11H2,1-5H3;13-15H,7-12H2,1-6H3;12-14,18H,6-11H2,1-5H3;10H,7-8H2,1-6H3;9,12H,6-7H2,1-5H3;8H,7H2,1-6H3;7,10H,6H2,1-5H3. The van der Waals surface area contributed by atoms with Crippen LogP contribution in [0.3, 0.4) is 0 Å². The van der Waals surface area contributed by atoms with Gasteiger partial charge in [0.15, 0.2) is 0 Å². The molecule has 7 atom stereocenters. The molecule has 7 saturated heterocycles. The summed E-state index contributed by atoms with van der Waals surface area (Å²) in [6.07, 6.45) is 19.8. The minimum absolute atomic E-state index is 0.0215. The molecule has 3 aliphatic carbocycles. The number of rotatable bonds is 16. The van der Waals surface area contributed by atoms with Crippen LogP contribution < -0.4 is 21.3 Å². The minimum atomic E-state index is -0.189. The van der Waals surface area contributed by atoms with Gasteiger partial charge in [0.1, 0.15) is 0 Å². The van der Waals surface area contributed by atoms with Crippen LogP contribution in [0.25, 0.3) is 0 Å². The molecule has 0 aromatic heterocycles. The fraction of sp³-hybridized carbons (Fsp3) is 0.937. The first-order chi connectivity index (χ1) is 52.6. The Kier molecular flexibility index (Phi) is 36.9. The minimum Gasteiger partial charge on any atom is -0.469 e. The second kappa shape index (κ2) is 40.9. The number of carbonyl (C=O) groups excluding carboxylic acids is 6. The van der Waals surface area contributed by atoms with Crippen LogP contribution in [0, 0.1) is 65.1 Å². The van der Waals surface area contributed by atoms with Crippen molar-refractivity contribution in [1.82, 2.24) is 36.0 Å². The first-order valence-electron chi connectivity index (χ1n) is 44.9. The molecule has 10 rings (SSSR count). The van der Waals surface area contributed by atoms with E-state index in [1.165, 1.54) is 46.6 Å². The van der Waals surface area contributed by atoms with Gasteiger partial charge in [0.2, 0.25) is 0 Å². The largest absolute Gasteiger partial charge is 0.469 e. The predicted octanol–water partition coefficient (Wildman–Crippen LogP) is 17.3. The molecule has 0 aromatic rings. The Morgan fingerprint density at radius 1 is 0.293 bits per heavy atom. The summed E-state index contributed by atoms with van der Waals surface area (Å²) in [5.41, 5.74) is 1.79. The van der Waals surface area contributed by atoms with E-state index in [0.29, 0.717) is 74.8 Å². The van der Waals surface area contributed by atoms with E-state index >= 15 is 0 Å². The molecule has 0 radical (unpaired) electrons. The molecule has 0 aromatic carbocycles. The first kappa shape index (κ1) is 105. The Bertz CT molecular complexity index is 3120. The van der Waals surface area contributed by atoms with E-state index in [0.717, 1.165) is 108 Å². The average Bonchev–Trinajstić information content (AvgIpc) is 1.62. The summed E-state index contributed by atoms with van der Waals surface area (Å²) in [5.74, 6) is 3.16. The highest BCUT2D eigenvalue weighted by atomic mass is 16.6. The Morgan fingerprint density at radius 3 is 0.741 bits per heavy atom. The molecule has 4 N–H and O–H groups in total. The fourth-order valence-corrected chi connectivity index (χ4v) is 21.5. The SMILES string of the molecule is CC(=O)OCC1CC(C)(C)N(C)C1(C)C.CC(=O)OCC1CC(C)(C)NC1(C)C.CC1CCC(C(=O)OCC2CC(C)(C)N(C)C2(C)C)CC1.CC1CCC(C(=O)OCC2CC(C)(C)NC2(C)C)CC1.COC(=O)C1CCC(C(=O)OCC2CC(C)(C)NC2(C)C)CC1.COC1CC(C)(C)N(C)C1(C)C.COC1CC(C)(C)NC1(C)C. The number of hydrogen-bond donors (Lipinski definition) is 4. The lowest BCUT2D eigenvalue weighted by atomic mass is 9.82. The number of methoxy groups -OCH3 is 3. The molecule has 21 heteroatoms. The fourth-order valence-electron chi connectivity index (χ4n) is 21.5. The molecule has 10 aliphatic rings. The molecular formula is C95H179N7O14. The van der Waals surface area contributed by atoms with Gasteiger partial charge in [-0.1, -0.05) is 13.8 Å². The lowest BCUT2D eigenvalue weighted by Crippen LogP contribution is -2.48. The van der Waals surface area contributed by atoms with Crippen LogP contribution in [0.2, 0.25) is 0 Å². The average molecular weight is 1640 g/mol. The third-order valence-electron chi connectivity index (χ3n) is 29.9. The molecule has 7 unspecified atom stereocenters. The van der Waals surface area contributed by atoms with Gasteiger partial charge in [-0.2, -0.15) is 0 Å². The maximum atomic E-state index is 12.3. The molecule has 0 amide bonds. The molecule has 0 spiro atoms. The van der Waals surface area contributed by atoms with Gasteiger partial charge >= 0.3 is 35.8 Å². The zero-order valence-electron chi connectivity index (χ0n) is 81.5. The van der Waals surface area contributed by atoms with Crippen LogP contribution in [-0.2, 0) is 66.7 Å². The van der Waals surface area contributed by atoms with Crippen LogP contribution in [0.1, 0.15) is 344 Å². The molecule has 3 saturated carbocycles. The van der Waals surface area contributed by atoms with Gasteiger partial charge in [-0.3, -0.25) is 43.5 Å². The van der Waals surface area contributed by atoms with Crippen molar-refractivity contribution < 1.29 is 66.7 Å². The van der Waals surface area contributed by atoms with Gasteiger partial charge in [-0.25, -0.2) is 0 Å². The highest BCUT2D eigenvalue weighted by Gasteiger charge is 2.54. The zero-order valence-corrected chi connectivity index (χ0v) is 81.5. The normalized spacial score (nSPS) is 33.0. The van der Waals surface area contributed by atoms with Crippen molar-refractivity contribution >= 4 is 35.8 Å². The molecule has 0 bridgehead atoms. The third kappa shape index (κ3) is 29.9. The van der Waals surface area contributed by atoms with Gasteiger partial charge in [0.05, 0.1) is 76.0 Å². The number of likely N-dealkylation sites (tertiary alicyclic amines) is 3. The Balaban J connectivity index is 0.000000289. The lowest BCUT2D eigenvalue weighted by Gasteiger charge is -2.38. The second-order valence-electron chi connectivity index (χ2n) is 45.8. The summed E-state index contributed by atoms with van der Waals surface area (Å²) in [7, 11) is 11.5. The van der Waals surface area contributed by atoms with Gasteiger partial charge in [0.25, 0.3) is 0 Å². The molecule has 7 heterocycles. The van der Waals surface area contributed by atoms with Crippen molar-refractivity contribution in [3.05, 3.63) is 0 Å². The lowest BCUT2D eigenvalue weighted by molar-refractivity contribution is -0.155. The van der Waals surface area contributed by atoms with Crippen molar-refractivity contribution in [2.75, 3.05) is 75.5 Å². The van der Waals surface area contributed by atoms with E-state index in [1.54, 1.807) is 7.11 Å². The summed E-state index contributed by atoms with van der Waals surface area (Å²) in [6, 6.07) is 0. The topological polar surface area (TPSA) is 234 Å². The molecular weight excluding hydrogens is 1460 g/mol. The van der Waals surface area contributed by atoms with Gasteiger partial charge in [0, 0.05) is 135 Å². The number of hydrogen-bond acceptors (Lipinski definition) is 21. The highest BCUT2D eigenvalue weighted by Crippen LogP contribution is 2.47. The van der Waals surface area contributed by atoms with Crippen molar-refractivity contribution in [3.8, 4) is 0 Å². The van der Waals surface area contributed by atoms with E-state index in [1.807, 2.05) is 7.11 Å². The predicted molar refractivity (Wildman–Crippen MR) is 470 cm³/mol. The quantitative estimate of drug-likeness (QED) is 0.0830. The number of nitrogens with zero attached hydrogens (tertiary/aromatic N) is 3. The van der Waals surface area contributed by atoms with Crippen LogP contribution >= 0.6 is 0 Å². The summed E-state index contributed by atoms with van der Waals surface area (Å²) in [6.45, 7) is 72.3. The van der Waals surface area contributed by atoms with Crippen molar-refractivity contribution in [1.29, 1.82) is 0 Å². The van der Waals surface area contributed by atoms with Crippen molar-refractivity contribution in [2.24, 2.45) is 65.1 Å². The monoisotopic (exact) mass is 1640 g/mol. The molecule has 21 nitrogen and oxygen atoms in total. The van der Waals surface area contributed by atoms with Gasteiger partial charge in [-0.15, -0.1) is 0 Å². The number of nitrogens with one attached hydrogen (secondary N) is 4. The van der Waals surface area contributed by atoms with Crippen LogP contribution in [0.4, 0.5) is 0 Å². The number of likely N-dealkylation sites (N-methyl/N-ethyl adjacent to an activating group) is 1. The summed E-state index contributed by atoms with van der Waals surface area (Å²) in [4.78, 5) is 77.1. The zero-order chi connectivity index (χ0) is 89.2. The second-order valence-corrected chi connectivity index (χ2v) is 45.8. The van der Waals surface area contributed by atoms with Crippen LogP contribution in [0.15, 0.2) is 0 Å². The van der Waals surface area contributed by atoms with E-state index in [9.17, 15) is 28.8 Å². The molecule has 10 fully saturated rings. The Labute approximate surface area is 708 Å². The summed E-state index contributed by atoms with van der Waals surface area (Å²) >= 11 is 0. The Hall–Kier alpha value is -3.54. The van der Waals surface area contributed by atoms with Crippen LogP contribution in [-0.4, -0.2) is 216 Å².